The van der Waals surface area contributed by atoms with E-state index in [0.29, 0.717) is 0 Å². The molecule has 0 fully saturated rings. The molecule has 0 aromatic carbocycles. The molecule has 4 heteroatoms. The first kappa shape index (κ1) is 14.1. The highest BCUT2D eigenvalue weighted by molar-refractivity contribution is 7.81. The molecule has 0 atom stereocenters. The van der Waals surface area contributed by atoms with E-state index in [0.717, 1.165) is 19.7 Å². The maximum absolute atomic E-state index is 4.87. The zero-order valence-electron chi connectivity index (χ0n) is 7.39. The van der Waals surface area contributed by atoms with E-state index in [9.17, 15) is 0 Å². The third-order valence-electron chi connectivity index (χ3n) is 1.04. The number of methoxy groups -OCH3 is 1. The standard InChI is InChI=1S/C7H17NOS.ClH/c1-7(2,10)6-8-4-5-9-3;/h8,10H,4-6H2,1-3H3;1H. The predicted molar refractivity (Wildman–Crippen MR) is 55.1 cm³/mol. The highest BCUT2D eigenvalue weighted by Gasteiger charge is 2.08. The van der Waals surface area contributed by atoms with E-state index in [1.165, 1.54) is 0 Å². The maximum atomic E-state index is 4.87. The second-order valence-corrected chi connectivity index (χ2v) is 4.19. The summed E-state index contributed by atoms with van der Waals surface area (Å²) in [4.78, 5) is 0. The molecular formula is C7H18ClNOS. The van der Waals surface area contributed by atoms with E-state index in [1.807, 2.05) is 0 Å². The molecule has 0 heterocycles. The van der Waals surface area contributed by atoms with Gasteiger partial charge in [-0.15, -0.1) is 12.4 Å². The number of nitrogens with one attached hydrogen (secondary N) is 1. The van der Waals surface area contributed by atoms with E-state index >= 15 is 0 Å². The molecule has 0 aliphatic heterocycles. The van der Waals surface area contributed by atoms with Gasteiger partial charge in [0.05, 0.1) is 6.61 Å². The lowest BCUT2D eigenvalue weighted by molar-refractivity contribution is 0.199. The summed E-state index contributed by atoms with van der Waals surface area (Å²) < 4.78 is 4.95. The summed E-state index contributed by atoms with van der Waals surface area (Å²) in [6, 6.07) is 0. The number of halogens is 1. The monoisotopic (exact) mass is 199 g/mol. The van der Waals surface area contributed by atoms with Gasteiger partial charge in [-0.25, -0.2) is 0 Å². The van der Waals surface area contributed by atoms with E-state index in [2.05, 4.69) is 31.8 Å². The Kier molecular flexibility index (Phi) is 9.26. The van der Waals surface area contributed by atoms with Gasteiger partial charge in [0.1, 0.15) is 0 Å². The van der Waals surface area contributed by atoms with Crippen LogP contribution in [-0.4, -0.2) is 31.6 Å². The van der Waals surface area contributed by atoms with Crippen molar-refractivity contribution >= 4 is 25.0 Å². The Labute approximate surface area is 80.9 Å². The Morgan fingerprint density at radius 2 is 2.00 bits per heavy atom. The molecule has 0 amide bonds. The lowest BCUT2D eigenvalue weighted by Gasteiger charge is -2.17. The summed E-state index contributed by atoms with van der Waals surface area (Å²) in [5.41, 5.74) is 0. The second kappa shape index (κ2) is 7.22. The van der Waals surface area contributed by atoms with E-state index in [-0.39, 0.29) is 17.2 Å². The Bertz CT molecular complexity index is 85.0. The molecule has 2 nitrogen and oxygen atoms in total. The predicted octanol–water partition coefficient (Wildman–Crippen LogP) is 1.35. The van der Waals surface area contributed by atoms with Gasteiger partial charge < -0.3 is 10.1 Å². The summed E-state index contributed by atoms with van der Waals surface area (Å²) in [5, 5.41) is 3.22. The van der Waals surface area contributed by atoms with Crippen molar-refractivity contribution in [1.82, 2.24) is 5.32 Å². The fourth-order valence-electron chi connectivity index (χ4n) is 0.569. The number of thiol groups is 1. The molecule has 0 aliphatic carbocycles. The van der Waals surface area contributed by atoms with E-state index < -0.39 is 0 Å². The van der Waals surface area contributed by atoms with Crippen molar-refractivity contribution in [3.05, 3.63) is 0 Å². The average molecular weight is 200 g/mol. The maximum Gasteiger partial charge on any atom is 0.0587 e. The molecular weight excluding hydrogens is 182 g/mol. The average Bonchev–Trinajstić information content (AvgIpc) is 1.78. The Morgan fingerprint density at radius 3 is 2.36 bits per heavy atom. The molecule has 0 radical (unpaired) electrons. The molecule has 0 bridgehead atoms. The van der Waals surface area contributed by atoms with Crippen LogP contribution in [-0.2, 0) is 4.74 Å². The highest BCUT2D eigenvalue weighted by Crippen LogP contribution is 2.08. The van der Waals surface area contributed by atoms with Crippen LogP contribution in [0.25, 0.3) is 0 Å². The van der Waals surface area contributed by atoms with Gasteiger partial charge in [-0.05, 0) is 13.8 Å². The quantitative estimate of drug-likeness (QED) is 0.516. The van der Waals surface area contributed by atoms with Gasteiger partial charge in [0.2, 0.25) is 0 Å². The number of hydrogen-bond acceptors (Lipinski definition) is 3. The van der Waals surface area contributed by atoms with Crippen LogP contribution < -0.4 is 5.32 Å². The van der Waals surface area contributed by atoms with Gasteiger partial charge >= 0.3 is 0 Å². The topological polar surface area (TPSA) is 21.3 Å². The Hall–Kier alpha value is 0.560. The molecule has 0 saturated carbocycles. The third-order valence-corrected chi connectivity index (χ3v) is 1.20. The summed E-state index contributed by atoms with van der Waals surface area (Å²) in [7, 11) is 1.70. The second-order valence-electron chi connectivity index (χ2n) is 2.98. The van der Waals surface area contributed by atoms with Crippen molar-refractivity contribution in [1.29, 1.82) is 0 Å². The number of rotatable bonds is 5. The smallest absolute Gasteiger partial charge is 0.0587 e. The van der Waals surface area contributed by atoms with Gasteiger partial charge in [0.15, 0.2) is 0 Å². The molecule has 0 aliphatic rings. The number of hydrogen-bond donors (Lipinski definition) is 2. The van der Waals surface area contributed by atoms with Gasteiger partial charge in [-0.1, -0.05) is 0 Å². The van der Waals surface area contributed by atoms with Crippen LogP contribution in [0, 0.1) is 0 Å². The SMILES string of the molecule is COCCNCC(C)(C)S.Cl. The lowest BCUT2D eigenvalue weighted by Crippen LogP contribution is -2.32. The largest absolute Gasteiger partial charge is 0.383 e. The zero-order chi connectivity index (χ0) is 8.04. The third kappa shape index (κ3) is 13.5. The molecule has 11 heavy (non-hydrogen) atoms. The van der Waals surface area contributed by atoms with Crippen LogP contribution in [0.15, 0.2) is 0 Å². The first-order chi connectivity index (χ1) is 4.56. The lowest BCUT2D eigenvalue weighted by atomic mass is 10.2. The number of ether oxygens (including phenoxy) is 1. The molecule has 0 rings (SSSR count). The summed E-state index contributed by atoms with van der Waals surface area (Å²) in [5.74, 6) is 0. The highest BCUT2D eigenvalue weighted by atomic mass is 35.5. The first-order valence-electron chi connectivity index (χ1n) is 3.48. The van der Waals surface area contributed by atoms with Gasteiger partial charge in [0.25, 0.3) is 0 Å². The molecule has 70 valence electrons. The Balaban J connectivity index is 0. The van der Waals surface area contributed by atoms with Crippen molar-refractivity contribution in [2.45, 2.75) is 18.6 Å². The minimum atomic E-state index is 0. The minimum absolute atomic E-state index is 0. The zero-order valence-corrected chi connectivity index (χ0v) is 9.10. The van der Waals surface area contributed by atoms with Crippen LogP contribution >= 0.6 is 25.0 Å². The van der Waals surface area contributed by atoms with Crippen molar-refractivity contribution in [3.8, 4) is 0 Å². The van der Waals surface area contributed by atoms with Gasteiger partial charge in [-0.2, -0.15) is 12.6 Å². The summed E-state index contributed by atoms with van der Waals surface area (Å²) in [6.07, 6.45) is 0. The van der Waals surface area contributed by atoms with Crippen molar-refractivity contribution in [2.75, 3.05) is 26.8 Å². The summed E-state index contributed by atoms with van der Waals surface area (Å²) >= 11 is 4.35. The van der Waals surface area contributed by atoms with Gasteiger partial charge in [-0.3, -0.25) is 0 Å². The normalized spacial score (nSPS) is 10.9. The Morgan fingerprint density at radius 1 is 1.45 bits per heavy atom. The van der Waals surface area contributed by atoms with Crippen LogP contribution in [0.1, 0.15) is 13.8 Å². The summed E-state index contributed by atoms with van der Waals surface area (Å²) in [6.45, 7) is 6.75. The first-order valence-corrected chi connectivity index (χ1v) is 3.93. The molecule has 0 unspecified atom stereocenters. The van der Waals surface area contributed by atoms with E-state index in [1.54, 1.807) is 7.11 Å². The molecule has 0 saturated heterocycles. The van der Waals surface area contributed by atoms with Crippen molar-refractivity contribution in [3.63, 3.8) is 0 Å². The minimum Gasteiger partial charge on any atom is -0.383 e. The van der Waals surface area contributed by atoms with Crippen LogP contribution in [0.5, 0.6) is 0 Å². The molecule has 1 N–H and O–H groups in total. The molecule has 0 spiro atoms. The molecule has 0 aromatic rings. The van der Waals surface area contributed by atoms with Crippen LogP contribution in [0.3, 0.4) is 0 Å². The van der Waals surface area contributed by atoms with Gasteiger partial charge in [0, 0.05) is 24.9 Å². The van der Waals surface area contributed by atoms with Crippen LogP contribution in [0.2, 0.25) is 0 Å². The van der Waals surface area contributed by atoms with Crippen molar-refractivity contribution in [2.24, 2.45) is 0 Å². The van der Waals surface area contributed by atoms with Crippen LogP contribution in [0.4, 0.5) is 0 Å². The molecule has 0 aromatic heterocycles. The van der Waals surface area contributed by atoms with E-state index in [4.69, 9.17) is 4.74 Å². The van der Waals surface area contributed by atoms with Crippen molar-refractivity contribution < 1.29 is 4.74 Å². The fraction of sp³-hybridized carbons (Fsp3) is 1.00. The fourth-order valence-corrected chi connectivity index (χ4v) is 0.680.